The molecular weight excluding hydrogens is 483 g/mol. The molecule has 0 bridgehead atoms. The number of benzene rings is 1. The Bertz CT molecular complexity index is 805. The van der Waals surface area contributed by atoms with E-state index < -0.39 is 0 Å². The van der Waals surface area contributed by atoms with Gasteiger partial charge in [-0.2, -0.15) is 0 Å². The third kappa shape index (κ3) is 6.77. The van der Waals surface area contributed by atoms with Crippen molar-refractivity contribution in [1.82, 2.24) is 15.5 Å². The highest BCUT2D eigenvalue weighted by Gasteiger charge is 2.19. The number of amides is 1. The van der Waals surface area contributed by atoms with E-state index in [1.54, 1.807) is 11.3 Å². The van der Waals surface area contributed by atoms with Crippen molar-refractivity contribution in [2.45, 2.75) is 46.3 Å². The first kappa shape index (κ1) is 22.7. The summed E-state index contributed by atoms with van der Waals surface area (Å²) in [5.74, 6) is 1.09. The van der Waals surface area contributed by atoms with Crippen LogP contribution in [-0.4, -0.2) is 29.9 Å². The van der Waals surface area contributed by atoms with E-state index in [9.17, 15) is 4.79 Å². The molecule has 2 heterocycles. The number of hydrogen-bond acceptors (Lipinski definition) is 3. The van der Waals surface area contributed by atoms with E-state index in [1.807, 2.05) is 4.90 Å². The predicted octanol–water partition coefficient (Wildman–Crippen LogP) is 4.05. The number of guanidine groups is 1. The SMILES string of the molecule is CCNC(=NCc1cccc(CN2CCCC2=O)c1)NCc1ccc(C)s1.I. The van der Waals surface area contributed by atoms with Crippen LogP contribution in [0.25, 0.3) is 0 Å². The molecule has 28 heavy (non-hydrogen) atoms. The topological polar surface area (TPSA) is 56.7 Å². The first-order valence-corrected chi connectivity index (χ1v) is 10.4. The van der Waals surface area contributed by atoms with Crippen molar-refractivity contribution in [3.05, 3.63) is 57.3 Å². The molecule has 0 saturated carbocycles. The second-order valence-corrected chi connectivity index (χ2v) is 8.17. The summed E-state index contributed by atoms with van der Waals surface area (Å²) in [5.41, 5.74) is 2.33. The van der Waals surface area contributed by atoms with Gasteiger partial charge in [-0.3, -0.25) is 4.79 Å². The molecule has 2 aromatic rings. The van der Waals surface area contributed by atoms with Gasteiger partial charge in [-0.15, -0.1) is 35.3 Å². The molecule has 0 spiro atoms. The third-order valence-corrected chi connectivity index (χ3v) is 5.53. The van der Waals surface area contributed by atoms with E-state index >= 15 is 0 Å². The minimum atomic E-state index is 0. The zero-order valence-electron chi connectivity index (χ0n) is 16.5. The molecule has 0 atom stereocenters. The molecule has 1 aromatic carbocycles. The van der Waals surface area contributed by atoms with Crippen LogP contribution in [0.1, 0.15) is 40.6 Å². The lowest BCUT2D eigenvalue weighted by Gasteiger charge is -2.16. The highest BCUT2D eigenvalue weighted by molar-refractivity contribution is 14.0. The second kappa shape index (κ2) is 11.4. The maximum absolute atomic E-state index is 11.8. The minimum Gasteiger partial charge on any atom is -0.357 e. The summed E-state index contributed by atoms with van der Waals surface area (Å²) >= 11 is 1.80. The Morgan fingerprint density at radius 3 is 2.71 bits per heavy atom. The Morgan fingerprint density at radius 1 is 1.21 bits per heavy atom. The highest BCUT2D eigenvalue weighted by Crippen LogP contribution is 2.16. The van der Waals surface area contributed by atoms with Crippen LogP contribution in [0, 0.1) is 6.92 Å². The number of likely N-dealkylation sites (tertiary alicyclic amines) is 1. The van der Waals surface area contributed by atoms with Gasteiger partial charge in [-0.05, 0) is 43.5 Å². The lowest BCUT2D eigenvalue weighted by Crippen LogP contribution is -2.36. The number of carbonyl (C=O) groups is 1. The highest BCUT2D eigenvalue weighted by atomic mass is 127. The van der Waals surface area contributed by atoms with Crippen molar-refractivity contribution in [3.63, 3.8) is 0 Å². The zero-order valence-corrected chi connectivity index (χ0v) is 19.7. The van der Waals surface area contributed by atoms with Gasteiger partial charge >= 0.3 is 0 Å². The summed E-state index contributed by atoms with van der Waals surface area (Å²) in [5, 5.41) is 6.70. The van der Waals surface area contributed by atoms with E-state index in [4.69, 9.17) is 4.99 Å². The summed E-state index contributed by atoms with van der Waals surface area (Å²) in [4.78, 5) is 21.1. The van der Waals surface area contributed by atoms with E-state index in [0.717, 1.165) is 37.6 Å². The van der Waals surface area contributed by atoms with Crippen LogP contribution in [0.4, 0.5) is 0 Å². The molecule has 152 valence electrons. The smallest absolute Gasteiger partial charge is 0.222 e. The van der Waals surface area contributed by atoms with Gasteiger partial charge in [0.1, 0.15) is 0 Å². The van der Waals surface area contributed by atoms with Crippen LogP contribution in [0.3, 0.4) is 0 Å². The summed E-state index contributed by atoms with van der Waals surface area (Å²) in [6.45, 7) is 7.98. The quantitative estimate of drug-likeness (QED) is 0.335. The van der Waals surface area contributed by atoms with Gasteiger partial charge in [0.05, 0.1) is 13.1 Å². The lowest BCUT2D eigenvalue weighted by molar-refractivity contribution is -0.128. The Morgan fingerprint density at radius 2 is 2.04 bits per heavy atom. The first-order chi connectivity index (χ1) is 13.1. The lowest BCUT2D eigenvalue weighted by atomic mass is 10.1. The Labute approximate surface area is 188 Å². The van der Waals surface area contributed by atoms with Crippen molar-refractivity contribution in [2.75, 3.05) is 13.1 Å². The van der Waals surface area contributed by atoms with E-state index in [-0.39, 0.29) is 29.9 Å². The van der Waals surface area contributed by atoms with Crippen LogP contribution >= 0.6 is 35.3 Å². The molecule has 0 radical (unpaired) electrons. The molecule has 3 rings (SSSR count). The number of carbonyl (C=O) groups excluding carboxylic acids is 1. The molecule has 5 nitrogen and oxygen atoms in total. The van der Waals surface area contributed by atoms with Crippen LogP contribution in [0.2, 0.25) is 0 Å². The summed E-state index contributed by atoms with van der Waals surface area (Å²) in [6.07, 6.45) is 1.66. The Hall–Kier alpha value is -1.61. The van der Waals surface area contributed by atoms with Gasteiger partial charge < -0.3 is 15.5 Å². The average molecular weight is 512 g/mol. The van der Waals surface area contributed by atoms with Crippen molar-refractivity contribution in [2.24, 2.45) is 4.99 Å². The molecule has 1 saturated heterocycles. The van der Waals surface area contributed by atoms with E-state index in [0.29, 0.717) is 19.5 Å². The van der Waals surface area contributed by atoms with Gasteiger partial charge in [-0.25, -0.2) is 4.99 Å². The van der Waals surface area contributed by atoms with Crippen LogP contribution in [0.5, 0.6) is 0 Å². The molecule has 2 N–H and O–H groups in total. The van der Waals surface area contributed by atoms with Crippen molar-refractivity contribution >= 4 is 47.2 Å². The zero-order chi connectivity index (χ0) is 19.1. The summed E-state index contributed by atoms with van der Waals surface area (Å²) in [7, 11) is 0. The van der Waals surface area contributed by atoms with Crippen LogP contribution in [-0.2, 0) is 24.4 Å². The Balaban J connectivity index is 0.00000280. The molecular formula is C21H29IN4OS. The fourth-order valence-corrected chi connectivity index (χ4v) is 4.01. The van der Waals surface area contributed by atoms with Gasteiger partial charge in [0.2, 0.25) is 5.91 Å². The molecule has 0 aliphatic carbocycles. The minimum absolute atomic E-state index is 0. The molecule has 1 fully saturated rings. The molecule has 1 aliphatic heterocycles. The van der Waals surface area contributed by atoms with Gasteiger partial charge in [-0.1, -0.05) is 24.3 Å². The molecule has 1 aliphatic rings. The molecule has 1 aromatic heterocycles. The van der Waals surface area contributed by atoms with E-state index in [1.165, 1.54) is 15.3 Å². The van der Waals surface area contributed by atoms with E-state index in [2.05, 4.69) is 60.9 Å². The van der Waals surface area contributed by atoms with Crippen LogP contribution < -0.4 is 10.6 Å². The van der Waals surface area contributed by atoms with Gasteiger partial charge in [0.15, 0.2) is 5.96 Å². The van der Waals surface area contributed by atoms with Crippen LogP contribution in [0.15, 0.2) is 41.4 Å². The summed E-state index contributed by atoms with van der Waals surface area (Å²) < 4.78 is 0. The fraction of sp³-hybridized carbons (Fsp3) is 0.429. The monoisotopic (exact) mass is 512 g/mol. The molecule has 0 unspecified atom stereocenters. The number of nitrogens with one attached hydrogen (secondary N) is 2. The molecule has 1 amide bonds. The number of aryl methyl sites for hydroxylation is 1. The maximum atomic E-state index is 11.8. The number of thiophene rings is 1. The molecule has 7 heteroatoms. The summed E-state index contributed by atoms with van der Waals surface area (Å²) in [6, 6.07) is 12.7. The fourth-order valence-electron chi connectivity index (χ4n) is 3.18. The van der Waals surface area contributed by atoms with Crippen molar-refractivity contribution in [1.29, 1.82) is 0 Å². The number of rotatable bonds is 7. The Kier molecular flexibility index (Phi) is 9.24. The number of aliphatic imine (C=N–C) groups is 1. The number of hydrogen-bond donors (Lipinski definition) is 2. The van der Waals surface area contributed by atoms with Gasteiger partial charge in [0, 0.05) is 35.8 Å². The second-order valence-electron chi connectivity index (χ2n) is 6.80. The predicted molar refractivity (Wildman–Crippen MR) is 127 cm³/mol. The van der Waals surface area contributed by atoms with Crippen molar-refractivity contribution in [3.8, 4) is 0 Å². The maximum Gasteiger partial charge on any atom is 0.222 e. The average Bonchev–Trinajstić information content (AvgIpc) is 3.26. The standard InChI is InChI=1S/C21H28N4OS.HI/c1-3-22-21(24-14-19-10-9-16(2)27-19)23-13-17-6-4-7-18(12-17)15-25-11-5-8-20(25)26;/h4,6-7,9-10,12H,3,5,8,11,13-15H2,1-2H3,(H2,22,23,24);1H. The number of nitrogens with zero attached hydrogens (tertiary/aromatic N) is 2. The largest absolute Gasteiger partial charge is 0.357 e. The third-order valence-electron chi connectivity index (χ3n) is 4.53. The van der Waals surface area contributed by atoms with Gasteiger partial charge in [0.25, 0.3) is 0 Å². The van der Waals surface area contributed by atoms with Crippen molar-refractivity contribution < 1.29 is 4.79 Å². The number of halogens is 1. The first-order valence-electron chi connectivity index (χ1n) is 9.57. The normalized spacial score (nSPS) is 14.1.